The molecule has 1 N–H and O–H groups in total. The number of benzene rings is 3. The third-order valence-corrected chi connectivity index (χ3v) is 4.53. The molecule has 3 rings (SSSR count). The van der Waals surface area contributed by atoms with Gasteiger partial charge in [0.05, 0.1) is 18.7 Å². The molecule has 3 aromatic carbocycles. The SMILES string of the molecule is COc1cc(C#N)ccc1O[C@@H](C(=O)Nc1cc(C)ccc1C)c1ccccc1. The van der Waals surface area contributed by atoms with E-state index in [1.807, 2.05) is 62.4 Å². The van der Waals surface area contributed by atoms with Crippen LogP contribution in [-0.4, -0.2) is 13.0 Å². The van der Waals surface area contributed by atoms with Crippen molar-refractivity contribution in [1.82, 2.24) is 0 Å². The summed E-state index contributed by atoms with van der Waals surface area (Å²) in [6.07, 6.45) is -0.891. The van der Waals surface area contributed by atoms with Crippen LogP contribution in [0.15, 0.2) is 66.7 Å². The number of anilines is 1. The zero-order valence-corrected chi connectivity index (χ0v) is 16.6. The monoisotopic (exact) mass is 386 g/mol. The molecule has 0 aliphatic heterocycles. The summed E-state index contributed by atoms with van der Waals surface area (Å²) < 4.78 is 11.4. The molecule has 1 amide bonds. The van der Waals surface area contributed by atoms with Gasteiger partial charge in [-0.25, -0.2) is 0 Å². The molecule has 3 aromatic rings. The fourth-order valence-corrected chi connectivity index (χ4v) is 2.93. The molecule has 0 radical (unpaired) electrons. The Labute approximate surface area is 170 Å². The van der Waals surface area contributed by atoms with E-state index in [0.29, 0.717) is 22.6 Å². The molecule has 0 unspecified atom stereocenters. The Bertz CT molecular complexity index is 1060. The first-order chi connectivity index (χ1) is 14.0. The normalized spacial score (nSPS) is 11.2. The lowest BCUT2D eigenvalue weighted by Crippen LogP contribution is -2.26. The lowest BCUT2D eigenvalue weighted by molar-refractivity contribution is -0.123. The molecule has 0 aromatic heterocycles. The highest BCUT2D eigenvalue weighted by Gasteiger charge is 2.25. The van der Waals surface area contributed by atoms with Crippen LogP contribution in [0.1, 0.15) is 28.4 Å². The van der Waals surface area contributed by atoms with E-state index in [1.54, 1.807) is 18.2 Å². The number of nitrogens with one attached hydrogen (secondary N) is 1. The van der Waals surface area contributed by atoms with E-state index in [2.05, 4.69) is 11.4 Å². The molecular formula is C24H22N2O3. The van der Waals surface area contributed by atoms with Gasteiger partial charge < -0.3 is 14.8 Å². The number of carbonyl (C=O) groups is 1. The molecule has 0 saturated carbocycles. The van der Waals surface area contributed by atoms with Crippen LogP contribution < -0.4 is 14.8 Å². The number of hydrogen-bond acceptors (Lipinski definition) is 4. The molecule has 29 heavy (non-hydrogen) atoms. The first-order valence-electron chi connectivity index (χ1n) is 9.19. The Kier molecular flexibility index (Phi) is 6.16. The molecule has 0 heterocycles. The molecule has 1 atom stereocenters. The van der Waals surface area contributed by atoms with Crippen molar-refractivity contribution in [2.75, 3.05) is 12.4 Å². The van der Waals surface area contributed by atoms with Crippen LogP contribution in [0.4, 0.5) is 5.69 Å². The average molecular weight is 386 g/mol. The van der Waals surface area contributed by atoms with E-state index in [-0.39, 0.29) is 5.91 Å². The topological polar surface area (TPSA) is 71.3 Å². The van der Waals surface area contributed by atoms with Gasteiger partial charge in [0.1, 0.15) is 0 Å². The number of hydrogen-bond donors (Lipinski definition) is 1. The summed E-state index contributed by atoms with van der Waals surface area (Å²) in [6.45, 7) is 3.92. The number of carbonyl (C=O) groups excluding carboxylic acids is 1. The highest BCUT2D eigenvalue weighted by molar-refractivity contribution is 5.95. The number of amides is 1. The zero-order chi connectivity index (χ0) is 20.8. The minimum Gasteiger partial charge on any atom is -0.493 e. The molecule has 5 heteroatoms. The van der Waals surface area contributed by atoms with Gasteiger partial charge in [-0.15, -0.1) is 0 Å². The number of nitriles is 1. The summed E-state index contributed by atoms with van der Waals surface area (Å²) in [4.78, 5) is 13.2. The summed E-state index contributed by atoms with van der Waals surface area (Å²) in [5.41, 5.74) is 3.92. The van der Waals surface area contributed by atoms with Gasteiger partial charge >= 0.3 is 0 Å². The van der Waals surface area contributed by atoms with Crippen molar-refractivity contribution in [2.45, 2.75) is 20.0 Å². The van der Waals surface area contributed by atoms with E-state index in [1.165, 1.54) is 7.11 Å². The maximum Gasteiger partial charge on any atom is 0.270 e. The number of nitrogens with zero attached hydrogens (tertiary/aromatic N) is 1. The van der Waals surface area contributed by atoms with Crippen LogP contribution >= 0.6 is 0 Å². The average Bonchev–Trinajstić information content (AvgIpc) is 2.75. The zero-order valence-electron chi connectivity index (χ0n) is 16.6. The predicted octanol–water partition coefficient (Wildman–Crippen LogP) is 4.94. The van der Waals surface area contributed by atoms with Crippen molar-refractivity contribution in [3.05, 3.63) is 89.0 Å². The van der Waals surface area contributed by atoms with Crippen LogP contribution in [-0.2, 0) is 4.79 Å². The van der Waals surface area contributed by atoms with Crippen LogP contribution in [0.2, 0.25) is 0 Å². The molecule has 0 saturated heterocycles. The van der Waals surface area contributed by atoms with Gasteiger partial charge in [0.2, 0.25) is 6.10 Å². The first kappa shape index (κ1) is 20.0. The summed E-state index contributed by atoms with van der Waals surface area (Å²) in [7, 11) is 1.50. The minimum absolute atomic E-state index is 0.295. The van der Waals surface area contributed by atoms with E-state index >= 15 is 0 Å². The van der Waals surface area contributed by atoms with Crippen molar-refractivity contribution < 1.29 is 14.3 Å². The quantitative estimate of drug-likeness (QED) is 0.651. The van der Waals surface area contributed by atoms with Crippen LogP contribution in [0.25, 0.3) is 0 Å². The van der Waals surface area contributed by atoms with Gasteiger partial charge in [-0.2, -0.15) is 5.26 Å². The largest absolute Gasteiger partial charge is 0.493 e. The Morgan fingerprint density at radius 2 is 1.76 bits per heavy atom. The van der Waals surface area contributed by atoms with Crippen LogP contribution in [0.5, 0.6) is 11.5 Å². The number of ether oxygens (including phenoxy) is 2. The van der Waals surface area contributed by atoms with E-state index in [4.69, 9.17) is 14.7 Å². The molecule has 0 fully saturated rings. The summed E-state index contributed by atoms with van der Waals surface area (Å²) in [5.74, 6) is 0.484. The van der Waals surface area contributed by atoms with Gasteiger partial charge in [0.15, 0.2) is 11.5 Å². The van der Waals surface area contributed by atoms with Gasteiger partial charge in [0.25, 0.3) is 5.91 Å². The van der Waals surface area contributed by atoms with Crippen molar-refractivity contribution in [3.63, 3.8) is 0 Å². The fraction of sp³-hybridized carbons (Fsp3) is 0.167. The lowest BCUT2D eigenvalue weighted by atomic mass is 10.1. The fourth-order valence-electron chi connectivity index (χ4n) is 2.93. The minimum atomic E-state index is -0.891. The molecule has 5 nitrogen and oxygen atoms in total. The van der Waals surface area contributed by atoms with Gasteiger partial charge in [-0.05, 0) is 43.2 Å². The van der Waals surface area contributed by atoms with E-state index in [0.717, 1.165) is 16.8 Å². The maximum atomic E-state index is 13.2. The smallest absolute Gasteiger partial charge is 0.270 e. The van der Waals surface area contributed by atoms with Gasteiger partial charge in [-0.3, -0.25) is 4.79 Å². The van der Waals surface area contributed by atoms with Crippen LogP contribution in [0.3, 0.4) is 0 Å². The lowest BCUT2D eigenvalue weighted by Gasteiger charge is -2.21. The molecular weight excluding hydrogens is 364 g/mol. The van der Waals surface area contributed by atoms with E-state index < -0.39 is 6.10 Å². The van der Waals surface area contributed by atoms with E-state index in [9.17, 15) is 4.79 Å². The molecule has 146 valence electrons. The third kappa shape index (κ3) is 4.74. The standard InChI is InChI=1S/C24H22N2O3/c1-16-9-10-17(2)20(13-16)26-24(27)23(19-7-5-4-6-8-19)29-21-12-11-18(15-25)14-22(21)28-3/h4-14,23H,1-3H3,(H,26,27)/t23-/m1/s1. The summed E-state index contributed by atoms with van der Waals surface area (Å²) >= 11 is 0. The highest BCUT2D eigenvalue weighted by atomic mass is 16.5. The Morgan fingerprint density at radius 1 is 1.00 bits per heavy atom. The number of methoxy groups -OCH3 is 1. The second-order valence-electron chi connectivity index (χ2n) is 6.69. The summed E-state index contributed by atoms with van der Waals surface area (Å²) in [6, 6.07) is 22.1. The molecule has 0 aliphatic rings. The first-order valence-corrected chi connectivity index (χ1v) is 9.19. The van der Waals surface area contributed by atoms with Crippen molar-refractivity contribution in [1.29, 1.82) is 5.26 Å². The van der Waals surface area contributed by atoms with Crippen LogP contribution in [0, 0.1) is 25.2 Å². The molecule has 0 spiro atoms. The van der Waals surface area contributed by atoms with Crippen molar-refractivity contribution in [2.24, 2.45) is 0 Å². The maximum absolute atomic E-state index is 13.2. The third-order valence-electron chi connectivity index (χ3n) is 4.53. The van der Waals surface area contributed by atoms with Gasteiger partial charge in [0, 0.05) is 17.3 Å². The molecule has 0 bridgehead atoms. The summed E-state index contributed by atoms with van der Waals surface area (Å²) in [5, 5.41) is 12.1. The number of aryl methyl sites for hydroxylation is 2. The molecule has 0 aliphatic carbocycles. The second-order valence-corrected chi connectivity index (χ2v) is 6.69. The Morgan fingerprint density at radius 3 is 2.45 bits per heavy atom. The van der Waals surface area contributed by atoms with Gasteiger partial charge in [-0.1, -0.05) is 42.5 Å². The Hall–Kier alpha value is -3.78. The van der Waals surface area contributed by atoms with Crippen molar-refractivity contribution >= 4 is 11.6 Å². The predicted molar refractivity (Wildman–Crippen MR) is 112 cm³/mol. The second kappa shape index (κ2) is 8.94. The Balaban J connectivity index is 1.95. The highest BCUT2D eigenvalue weighted by Crippen LogP contribution is 2.33. The van der Waals surface area contributed by atoms with Crippen molar-refractivity contribution in [3.8, 4) is 17.6 Å². The number of rotatable bonds is 6.